The average Bonchev–Trinajstić information content (AvgIpc) is 2.45. The van der Waals surface area contributed by atoms with Gasteiger partial charge < -0.3 is 0 Å². The first-order chi connectivity index (χ1) is 11.0. The van der Waals surface area contributed by atoms with Crippen molar-refractivity contribution in [1.29, 1.82) is 0 Å². The van der Waals surface area contributed by atoms with Crippen LogP contribution < -0.4 is 5.56 Å². The summed E-state index contributed by atoms with van der Waals surface area (Å²) in [5, 5.41) is 10.3. The van der Waals surface area contributed by atoms with E-state index in [2.05, 4.69) is 4.98 Å². The highest BCUT2D eigenvalue weighted by Gasteiger charge is 2.35. The average molecular weight is 370 g/mol. The van der Waals surface area contributed by atoms with Gasteiger partial charge in [0, 0.05) is 12.1 Å². The third kappa shape index (κ3) is 3.35. The molecular weight excluding hydrogens is 365 g/mol. The Morgan fingerprint density at radius 3 is 2.33 bits per heavy atom. The molecule has 0 spiro atoms. The summed E-state index contributed by atoms with van der Waals surface area (Å²) in [6.07, 6.45) is -7.44. The molecule has 2 rings (SSSR count). The molecule has 0 radical (unpaired) electrons. The van der Waals surface area contributed by atoms with E-state index in [0.29, 0.717) is 23.0 Å². The third-order valence-corrected chi connectivity index (χ3v) is 3.15. The van der Waals surface area contributed by atoms with Gasteiger partial charge >= 0.3 is 6.18 Å². The van der Waals surface area contributed by atoms with Crippen LogP contribution in [0.3, 0.4) is 0 Å². The Balaban J connectivity index is 2.75. The smallest absolute Gasteiger partial charge is 0.269 e. The number of nitro groups is 1. The van der Waals surface area contributed by atoms with Gasteiger partial charge in [-0.1, -0.05) is 11.6 Å². The van der Waals surface area contributed by atoms with Gasteiger partial charge in [0.1, 0.15) is 17.7 Å². The lowest BCUT2D eigenvalue weighted by Gasteiger charge is -2.12. The van der Waals surface area contributed by atoms with Gasteiger partial charge in [0.2, 0.25) is 0 Å². The van der Waals surface area contributed by atoms with Crippen molar-refractivity contribution >= 4 is 17.3 Å². The fourth-order valence-electron chi connectivity index (χ4n) is 1.83. The molecule has 0 aliphatic rings. The normalized spacial score (nSPS) is 11.8. The van der Waals surface area contributed by atoms with Gasteiger partial charge in [0.25, 0.3) is 17.7 Å². The van der Waals surface area contributed by atoms with Gasteiger partial charge in [-0.05, 0) is 6.07 Å². The number of aromatic nitrogens is 2. The van der Waals surface area contributed by atoms with Gasteiger partial charge in [-0.25, -0.2) is 13.8 Å². The molecule has 0 saturated heterocycles. The topological polar surface area (TPSA) is 78.0 Å². The number of benzene rings is 1. The lowest BCUT2D eigenvalue weighted by Crippen LogP contribution is -2.21. The van der Waals surface area contributed by atoms with Crippen LogP contribution in [0, 0.1) is 10.1 Å². The van der Waals surface area contributed by atoms with Gasteiger partial charge in [-0.2, -0.15) is 13.2 Å². The van der Waals surface area contributed by atoms with E-state index in [1.165, 1.54) is 0 Å². The van der Waals surface area contributed by atoms with E-state index in [1.54, 1.807) is 0 Å². The lowest BCUT2D eigenvalue weighted by molar-refractivity contribution is -0.384. The number of halogens is 6. The zero-order valence-electron chi connectivity index (χ0n) is 11.2. The van der Waals surface area contributed by atoms with Crippen LogP contribution in [0.5, 0.6) is 0 Å². The summed E-state index contributed by atoms with van der Waals surface area (Å²) in [5.74, 6) is 0. The molecule has 128 valence electrons. The van der Waals surface area contributed by atoms with E-state index in [0.717, 1.165) is 0 Å². The van der Waals surface area contributed by atoms with Crippen LogP contribution in [-0.2, 0) is 6.18 Å². The van der Waals surface area contributed by atoms with E-state index >= 15 is 0 Å². The maximum atomic E-state index is 12.7. The van der Waals surface area contributed by atoms with Crippen LogP contribution in [0.2, 0.25) is 5.02 Å². The molecule has 0 aliphatic carbocycles. The van der Waals surface area contributed by atoms with Crippen molar-refractivity contribution in [3.05, 3.63) is 61.3 Å². The van der Waals surface area contributed by atoms with E-state index in [9.17, 15) is 36.9 Å². The SMILES string of the molecule is O=c1cc(C(F)F)ncn1-c1c(Cl)cc(C(F)(F)F)cc1[N+](=O)[O-]. The van der Waals surface area contributed by atoms with Crippen molar-refractivity contribution in [1.82, 2.24) is 9.55 Å². The Kier molecular flexibility index (Phi) is 4.56. The highest BCUT2D eigenvalue weighted by Crippen LogP contribution is 2.38. The van der Waals surface area contributed by atoms with Crippen molar-refractivity contribution in [3.63, 3.8) is 0 Å². The lowest BCUT2D eigenvalue weighted by atomic mass is 10.1. The van der Waals surface area contributed by atoms with E-state index < -0.39 is 50.7 Å². The summed E-state index contributed by atoms with van der Waals surface area (Å²) < 4.78 is 63.6. The number of nitro benzene ring substituents is 1. The molecule has 1 heterocycles. The molecular formula is C12H5ClF5N3O3. The van der Waals surface area contributed by atoms with Crippen molar-refractivity contribution in [2.75, 3.05) is 0 Å². The minimum Gasteiger partial charge on any atom is -0.269 e. The highest BCUT2D eigenvalue weighted by molar-refractivity contribution is 6.33. The quantitative estimate of drug-likeness (QED) is 0.469. The number of hydrogen-bond acceptors (Lipinski definition) is 4. The molecule has 0 bridgehead atoms. The fourth-order valence-corrected chi connectivity index (χ4v) is 2.13. The molecule has 0 unspecified atom stereocenters. The summed E-state index contributed by atoms with van der Waals surface area (Å²) >= 11 is 5.65. The summed E-state index contributed by atoms with van der Waals surface area (Å²) in [5.41, 5.74) is -5.27. The first-order valence-electron chi connectivity index (χ1n) is 5.94. The molecule has 1 aromatic heterocycles. The van der Waals surface area contributed by atoms with Gasteiger partial charge in [-0.15, -0.1) is 0 Å². The molecule has 24 heavy (non-hydrogen) atoms. The minimum atomic E-state index is -4.91. The molecule has 0 amide bonds. The van der Waals surface area contributed by atoms with E-state index in [4.69, 9.17) is 11.6 Å². The van der Waals surface area contributed by atoms with E-state index in [-0.39, 0.29) is 6.07 Å². The Morgan fingerprint density at radius 2 is 1.88 bits per heavy atom. The monoisotopic (exact) mass is 369 g/mol. The van der Waals surface area contributed by atoms with Crippen LogP contribution in [-0.4, -0.2) is 14.5 Å². The first-order valence-corrected chi connectivity index (χ1v) is 6.32. The molecule has 0 fully saturated rings. The third-order valence-electron chi connectivity index (χ3n) is 2.86. The predicted octanol–water partition coefficient (Wildman–Crippen LogP) is 3.75. The Hall–Kier alpha value is -2.56. The minimum absolute atomic E-state index is 0.189. The Morgan fingerprint density at radius 1 is 1.25 bits per heavy atom. The predicted molar refractivity (Wildman–Crippen MR) is 71.5 cm³/mol. The van der Waals surface area contributed by atoms with Crippen LogP contribution >= 0.6 is 11.6 Å². The number of rotatable bonds is 3. The van der Waals surface area contributed by atoms with Gasteiger partial charge in [-0.3, -0.25) is 19.5 Å². The van der Waals surface area contributed by atoms with Crippen LogP contribution in [0.25, 0.3) is 5.69 Å². The van der Waals surface area contributed by atoms with Crippen molar-refractivity contribution in [2.24, 2.45) is 0 Å². The van der Waals surface area contributed by atoms with Gasteiger partial charge in [0.15, 0.2) is 0 Å². The summed E-state index contributed by atoms with van der Waals surface area (Å²) in [7, 11) is 0. The van der Waals surface area contributed by atoms with Crippen molar-refractivity contribution in [2.45, 2.75) is 12.6 Å². The molecule has 2 aromatic rings. The highest BCUT2D eigenvalue weighted by atomic mass is 35.5. The number of nitrogens with zero attached hydrogens (tertiary/aromatic N) is 3. The largest absolute Gasteiger partial charge is 0.416 e. The number of hydrogen-bond donors (Lipinski definition) is 0. The molecule has 0 aliphatic heterocycles. The van der Waals surface area contributed by atoms with Crippen molar-refractivity contribution < 1.29 is 26.9 Å². The summed E-state index contributed by atoms with van der Waals surface area (Å²) in [4.78, 5) is 24.9. The molecule has 0 saturated carbocycles. The summed E-state index contributed by atoms with van der Waals surface area (Å²) in [6, 6.07) is 0.981. The zero-order chi connectivity index (χ0) is 18.2. The standard InChI is InChI=1S/C12H5ClF5N3O3/c13-6-1-5(12(16,17)18)2-8(21(23)24)10(6)20-4-19-7(11(14)15)3-9(20)22/h1-4,11H. The maximum Gasteiger partial charge on any atom is 0.416 e. The molecule has 12 heteroatoms. The van der Waals surface area contributed by atoms with E-state index in [1.807, 2.05) is 0 Å². The molecule has 0 atom stereocenters. The van der Waals surface area contributed by atoms with Gasteiger partial charge in [0.05, 0.1) is 15.5 Å². The van der Waals surface area contributed by atoms with Crippen molar-refractivity contribution in [3.8, 4) is 5.69 Å². The zero-order valence-corrected chi connectivity index (χ0v) is 12.0. The fraction of sp³-hybridized carbons (Fsp3) is 0.167. The maximum absolute atomic E-state index is 12.7. The van der Waals surface area contributed by atoms with Crippen LogP contribution in [0.4, 0.5) is 27.6 Å². The number of alkyl halides is 5. The second-order valence-corrected chi connectivity index (χ2v) is 4.81. The van der Waals surface area contributed by atoms with Crippen LogP contribution in [0.1, 0.15) is 17.7 Å². The second kappa shape index (κ2) is 6.15. The van der Waals surface area contributed by atoms with Crippen LogP contribution in [0.15, 0.2) is 29.3 Å². The Labute approximate surface area is 134 Å². The second-order valence-electron chi connectivity index (χ2n) is 4.40. The Bertz CT molecular complexity index is 866. The molecule has 6 nitrogen and oxygen atoms in total. The molecule has 0 N–H and O–H groups in total. The molecule has 1 aromatic carbocycles. The first kappa shape index (κ1) is 17.8. The summed E-state index contributed by atoms with van der Waals surface area (Å²) in [6.45, 7) is 0.